The summed E-state index contributed by atoms with van der Waals surface area (Å²) in [6.07, 6.45) is 5.30. The Balaban J connectivity index is 1.60. The van der Waals surface area contributed by atoms with Crippen LogP contribution in [0.4, 0.5) is 0 Å². The van der Waals surface area contributed by atoms with Crippen LogP contribution in [0.3, 0.4) is 0 Å². The fraction of sp³-hybridized carbons (Fsp3) is 0.444. The van der Waals surface area contributed by atoms with E-state index in [1.807, 2.05) is 18.2 Å². The predicted octanol–water partition coefficient (Wildman–Crippen LogP) is 2.87. The van der Waals surface area contributed by atoms with Gasteiger partial charge in [-0.3, -0.25) is 9.36 Å². The number of benzene rings is 1. The van der Waals surface area contributed by atoms with Gasteiger partial charge in [0.1, 0.15) is 0 Å². The summed E-state index contributed by atoms with van der Waals surface area (Å²) in [5, 5.41) is 0. The van der Waals surface area contributed by atoms with Crippen LogP contribution in [-0.4, -0.2) is 16.2 Å². The molecule has 1 heterocycles. The molecule has 2 aromatic rings. The number of unbranched alkanes of at least 4 members (excludes halogenated alkanes) is 3. The number of hydrogen-bond acceptors (Lipinski definition) is 3. The fourth-order valence-electron chi connectivity index (χ4n) is 2.47. The third kappa shape index (κ3) is 5.53. The van der Waals surface area contributed by atoms with Gasteiger partial charge in [-0.2, -0.15) is 0 Å². The van der Waals surface area contributed by atoms with Gasteiger partial charge in [0.25, 0.3) is 5.56 Å². The van der Waals surface area contributed by atoms with Crippen LogP contribution in [0.15, 0.2) is 52.2 Å². The monoisotopic (exact) mass is 316 g/mol. The third-order valence-corrected chi connectivity index (χ3v) is 3.86. The van der Waals surface area contributed by atoms with Gasteiger partial charge in [0.05, 0.1) is 6.10 Å². The van der Waals surface area contributed by atoms with Gasteiger partial charge in [-0.15, -0.1) is 0 Å². The van der Waals surface area contributed by atoms with Crippen LogP contribution >= 0.6 is 0 Å². The summed E-state index contributed by atoms with van der Waals surface area (Å²) in [5.41, 5.74) is 0.612. The van der Waals surface area contributed by atoms with Crippen LogP contribution < -0.4 is 11.2 Å². The van der Waals surface area contributed by atoms with Crippen LogP contribution in [0.25, 0.3) is 0 Å². The molecule has 1 atom stereocenters. The second-order valence-corrected chi connectivity index (χ2v) is 5.61. The Bertz CT molecular complexity index is 663. The largest absolute Gasteiger partial charge is 0.374 e. The van der Waals surface area contributed by atoms with E-state index in [9.17, 15) is 9.59 Å². The van der Waals surface area contributed by atoms with Gasteiger partial charge in [0, 0.05) is 25.4 Å². The molecule has 0 bridgehead atoms. The number of aromatic nitrogens is 2. The Morgan fingerprint density at radius 1 is 1.04 bits per heavy atom. The maximum absolute atomic E-state index is 11.5. The molecule has 1 aromatic heterocycles. The van der Waals surface area contributed by atoms with Gasteiger partial charge in [-0.25, -0.2) is 4.79 Å². The first kappa shape index (κ1) is 17.2. The topological polar surface area (TPSA) is 64.1 Å². The normalized spacial score (nSPS) is 12.2. The van der Waals surface area contributed by atoms with Crippen LogP contribution in [0.2, 0.25) is 0 Å². The molecule has 0 amide bonds. The lowest BCUT2D eigenvalue weighted by molar-refractivity contribution is 0.0627. The predicted molar refractivity (Wildman–Crippen MR) is 90.6 cm³/mol. The molecule has 0 saturated carbocycles. The Morgan fingerprint density at radius 2 is 1.78 bits per heavy atom. The molecule has 23 heavy (non-hydrogen) atoms. The van der Waals surface area contributed by atoms with E-state index in [4.69, 9.17) is 4.74 Å². The van der Waals surface area contributed by atoms with E-state index in [1.165, 1.54) is 22.4 Å². The van der Waals surface area contributed by atoms with Crippen LogP contribution in [0.5, 0.6) is 0 Å². The summed E-state index contributed by atoms with van der Waals surface area (Å²) in [6.45, 7) is 3.25. The molecule has 0 aliphatic heterocycles. The van der Waals surface area contributed by atoms with Gasteiger partial charge in [0.15, 0.2) is 0 Å². The molecule has 0 spiro atoms. The van der Waals surface area contributed by atoms with Crippen molar-refractivity contribution < 1.29 is 4.74 Å². The van der Waals surface area contributed by atoms with Crippen LogP contribution in [-0.2, 0) is 11.3 Å². The van der Waals surface area contributed by atoms with Crippen LogP contribution in [0.1, 0.15) is 44.3 Å². The summed E-state index contributed by atoms with van der Waals surface area (Å²) in [5.74, 6) is 0. The molecular weight excluding hydrogens is 292 g/mol. The molecule has 0 aliphatic rings. The van der Waals surface area contributed by atoms with E-state index in [-0.39, 0.29) is 17.4 Å². The van der Waals surface area contributed by atoms with Crippen molar-refractivity contribution in [3.05, 3.63) is 69.0 Å². The highest BCUT2D eigenvalue weighted by Crippen LogP contribution is 2.16. The molecule has 0 fully saturated rings. The first-order valence-electron chi connectivity index (χ1n) is 8.13. The van der Waals surface area contributed by atoms with Crippen molar-refractivity contribution in [2.24, 2.45) is 0 Å². The molecule has 0 aliphatic carbocycles. The molecule has 124 valence electrons. The summed E-state index contributed by atoms with van der Waals surface area (Å²) in [6, 6.07) is 11.5. The Labute approximate surface area is 135 Å². The van der Waals surface area contributed by atoms with Crippen molar-refractivity contribution in [1.82, 2.24) is 9.55 Å². The van der Waals surface area contributed by atoms with Gasteiger partial charge < -0.3 is 9.72 Å². The second kappa shape index (κ2) is 9.10. The van der Waals surface area contributed by atoms with E-state index in [1.54, 1.807) is 0 Å². The lowest BCUT2D eigenvalue weighted by Gasteiger charge is -2.13. The lowest BCUT2D eigenvalue weighted by Crippen LogP contribution is -2.33. The maximum Gasteiger partial charge on any atom is 0.328 e. The minimum absolute atomic E-state index is 0.109. The van der Waals surface area contributed by atoms with E-state index >= 15 is 0 Å². The van der Waals surface area contributed by atoms with E-state index in [0.717, 1.165) is 32.3 Å². The van der Waals surface area contributed by atoms with Crippen molar-refractivity contribution in [2.75, 3.05) is 6.61 Å². The van der Waals surface area contributed by atoms with Gasteiger partial charge in [0.2, 0.25) is 0 Å². The number of rotatable bonds is 9. The highest BCUT2D eigenvalue weighted by atomic mass is 16.5. The Morgan fingerprint density at radius 3 is 2.52 bits per heavy atom. The smallest absolute Gasteiger partial charge is 0.328 e. The zero-order chi connectivity index (χ0) is 16.5. The molecule has 0 radical (unpaired) electrons. The molecule has 1 aromatic carbocycles. The lowest BCUT2D eigenvalue weighted by atomic mass is 10.1. The van der Waals surface area contributed by atoms with Crippen molar-refractivity contribution >= 4 is 0 Å². The zero-order valence-corrected chi connectivity index (χ0v) is 13.5. The third-order valence-electron chi connectivity index (χ3n) is 3.86. The van der Waals surface area contributed by atoms with Gasteiger partial charge >= 0.3 is 5.69 Å². The minimum atomic E-state index is -0.336. The summed E-state index contributed by atoms with van der Waals surface area (Å²) >= 11 is 0. The fourth-order valence-corrected chi connectivity index (χ4v) is 2.47. The number of ether oxygens (including phenoxy) is 1. The second-order valence-electron chi connectivity index (χ2n) is 5.61. The first-order valence-corrected chi connectivity index (χ1v) is 8.13. The molecule has 2 rings (SSSR count). The average Bonchev–Trinajstić information content (AvgIpc) is 2.57. The van der Waals surface area contributed by atoms with Gasteiger partial charge in [-0.1, -0.05) is 43.2 Å². The minimum Gasteiger partial charge on any atom is -0.374 e. The highest BCUT2D eigenvalue weighted by Gasteiger charge is 2.04. The van der Waals surface area contributed by atoms with Crippen molar-refractivity contribution in [3.63, 3.8) is 0 Å². The maximum atomic E-state index is 11.5. The number of aromatic amines is 1. The molecule has 1 N–H and O–H groups in total. The number of hydrogen-bond donors (Lipinski definition) is 1. The molecule has 0 saturated heterocycles. The first-order chi connectivity index (χ1) is 11.2. The Kier molecular flexibility index (Phi) is 6.81. The van der Waals surface area contributed by atoms with Crippen molar-refractivity contribution in [2.45, 2.75) is 45.3 Å². The van der Waals surface area contributed by atoms with Gasteiger partial charge in [-0.05, 0) is 25.3 Å². The number of H-pyrrole nitrogens is 1. The van der Waals surface area contributed by atoms with E-state index in [2.05, 4.69) is 24.0 Å². The summed E-state index contributed by atoms with van der Waals surface area (Å²) in [4.78, 5) is 25.6. The standard InChI is InChI=1S/C18H24N2O3/c1-15(16-9-5-4-6-10-16)23-14-8-3-2-7-13-20-17(21)11-12-19-18(20)22/h4-6,9-12,15H,2-3,7-8,13-14H2,1H3,(H,19,22). The number of nitrogens with zero attached hydrogens (tertiary/aromatic N) is 1. The van der Waals surface area contributed by atoms with Crippen molar-refractivity contribution in [3.8, 4) is 0 Å². The van der Waals surface area contributed by atoms with E-state index < -0.39 is 0 Å². The van der Waals surface area contributed by atoms with Crippen molar-refractivity contribution in [1.29, 1.82) is 0 Å². The quantitative estimate of drug-likeness (QED) is 0.724. The summed E-state index contributed by atoms with van der Waals surface area (Å²) in [7, 11) is 0. The molecular formula is C18H24N2O3. The molecule has 1 unspecified atom stereocenters. The number of nitrogens with one attached hydrogen (secondary N) is 1. The SMILES string of the molecule is CC(OCCCCCCn1c(=O)cc[nH]c1=O)c1ccccc1. The zero-order valence-electron chi connectivity index (χ0n) is 13.5. The highest BCUT2D eigenvalue weighted by molar-refractivity contribution is 5.16. The Hall–Kier alpha value is -2.14. The summed E-state index contributed by atoms with van der Waals surface area (Å²) < 4.78 is 7.06. The van der Waals surface area contributed by atoms with Crippen LogP contribution in [0, 0.1) is 0 Å². The average molecular weight is 316 g/mol. The van der Waals surface area contributed by atoms with E-state index in [0.29, 0.717) is 6.54 Å². The molecule has 5 heteroatoms. The molecule has 5 nitrogen and oxygen atoms in total.